The Morgan fingerprint density at radius 1 is 1.13 bits per heavy atom. The van der Waals surface area contributed by atoms with Crippen molar-refractivity contribution in [1.29, 1.82) is 0 Å². The lowest BCUT2D eigenvalue weighted by Gasteiger charge is -2.23. The van der Waals surface area contributed by atoms with E-state index in [2.05, 4.69) is 0 Å². The minimum atomic E-state index is -0.845. The molecule has 0 radical (unpaired) electrons. The van der Waals surface area contributed by atoms with E-state index >= 15 is 0 Å². The van der Waals surface area contributed by atoms with Crippen molar-refractivity contribution in [1.82, 2.24) is 4.90 Å². The van der Waals surface area contributed by atoms with Gasteiger partial charge in [0.25, 0.3) is 11.7 Å². The van der Waals surface area contributed by atoms with E-state index in [-0.39, 0.29) is 23.4 Å². The fourth-order valence-corrected chi connectivity index (χ4v) is 3.53. The number of amides is 1. The van der Waals surface area contributed by atoms with Crippen LogP contribution in [0.1, 0.15) is 29.5 Å². The molecular formula is C22H25NO7. The number of ether oxygens (including phenoxy) is 3. The molecular weight excluding hydrogens is 390 g/mol. The number of hydrogen-bond acceptors (Lipinski definition) is 7. The molecule has 1 saturated heterocycles. The number of rotatable bonds is 8. The molecule has 0 spiro atoms. The lowest BCUT2D eigenvalue weighted by atomic mass is 9.98. The van der Waals surface area contributed by atoms with E-state index in [1.54, 1.807) is 44.4 Å². The molecule has 1 fully saturated rings. The van der Waals surface area contributed by atoms with Crippen LogP contribution in [0.2, 0.25) is 0 Å². The zero-order chi connectivity index (χ0) is 21.8. The number of aliphatic hydroxyl groups is 1. The molecule has 1 aliphatic heterocycles. The highest BCUT2D eigenvalue weighted by molar-refractivity contribution is 6.46. The van der Waals surface area contributed by atoms with Crippen LogP contribution in [-0.2, 0) is 14.3 Å². The first-order valence-corrected chi connectivity index (χ1v) is 9.49. The molecule has 8 heteroatoms. The van der Waals surface area contributed by atoms with Gasteiger partial charge in [-0.25, -0.2) is 0 Å². The largest absolute Gasteiger partial charge is 0.507 e. The Labute approximate surface area is 174 Å². The molecule has 1 N–H and O–H groups in total. The lowest BCUT2D eigenvalue weighted by molar-refractivity contribution is -0.140. The predicted octanol–water partition coefficient (Wildman–Crippen LogP) is 3.06. The first kappa shape index (κ1) is 21.4. The molecule has 1 aliphatic rings. The lowest BCUT2D eigenvalue weighted by Crippen LogP contribution is -2.31. The quantitative estimate of drug-likeness (QED) is 0.306. The van der Waals surface area contributed by atoms with Gasteiger partial charge in [-0.2, -0.15) is 0 Å². The highest BCUT2D eigenvalue weighted by Gasteiger charge is 2.47. The van der Waals surface area contributed by atoms with E-state index in [9.17, 15) is 14.7 Å². The minimum Gasteiger partial charge on any atom is -0.507 e. The topological polar surface area (TPSA) is 98.4 Å². The highest BCUT2D eigenvalue weighted by Crippen LogP contribution is 2.42. The summed E-state index contributed by atoms with van der Waals surface area (Å²) in [5, 5.41) is 11.1. The Kier molecular flexibility index (Phi) is 6.47. The van der Waals surface area contributed by atoms with Gasteiger partial charge in [-0.05, 0) is 37.6 Å². The summed E-state index contributed by atoms with van der Waals surface area (Å²) in [5.41, 5.74) is 0.233. The van der Waals surface area contributed by atoms with Crippen molar-refractivity contribution in [2.24, 2.45) is 0 Å². The van der Waals surface area contributed by atoms with Crippen molar-refractivity contribution in [3.05, 3.63) is 53.0 Å². The summed E-state index contributed by atoms with van der Waals surface area (Å²) in [5.74, 6) is 0.0725. The maximum atomic E-state index is 12.9. The van der Waals surface area contributed by atoms with E-state index in [0.29, 0.717) is 36.0 Å². The second kappa shape index (κ2) is 9.04. The van der Waals surface area contributed by atoms with Crippen LogP contribution in [0.15, 0.2) is 40.3 Å². The van der Waals surface area contributed by atoms with E-state index in [1.165, 1.54) is 19.1 Å². The molecule has 3 rings (SSSR count). The molecule has 0 bridgehead atoms. The number of benzene rings is 1. The van der Waals surface area contributed by atoms with Crippen molar-refractivity contribution < 1.29 is 33.3 Å². The maximum Gasteiger partial charge on any atom is 0.295 e. The van der Waals surface area contributed by atoms with Crippen LogP contribution in [0, 0.1) is 6.92 Å². The fraction of sp³-hybridized carbons (Fsp3) is 0.364. The highest BCUT2D eigenvalue weighted by atomic mass is 16.5. The Morgan fingerprint density at radius 3 is 2.50 bits per heavy atom. The SMILES string of the molecule is COCCCN1C(=O)C(=O)/C(=C(\O)c2ccc(OC)cc2OC)C1c1ccc(C)o1. The number of furan rings is 1. The number of ketones is 1. The molecule has 0 saturated carbocycles. The number of hydrogen-bond donors (Lipinski definition) is 1. The number of nitrogens with zero attached hydrogens (tertiary/aromatic N) is 1. The Morgan fingerprint density at radius 2 is 1.90 bits per heavy atom. The van der Waals surface area contributed by atoms with Gasteiger partial charge in [0.1, 0.15) is 34.8 Å². The van der Waals surface area contributed by atoms with Crippen molar-refractivity contribution in [3.63, 3.8) is 0 Å². The van der Waals surface area contributed by atoms with Gasteiger partial charge >= 0.3 is 0 Å². The summed E-state index contributed by atoms with van der Waals surface area (Å²) in [6.45, 7) is 2.48. The molecule has 1 amide bonds. The number of likely N-dealkylation sites (tertiary alicyclic amines) is 1. The Hall–Kier alpha value is -3.26. The first-order valence-electron chi connectivity index (χ1n) is 9.49. The van der Waals surface area contributed by atoms with Crippen molar-refractivity contribution in [3.8, 4) is 11.5 Å². The van der Waals surface area contributed by atoms with Crippen molar-refractivity contribution in [2.75, 3.05) is 34.5 Å². The molecule has 2 aromatic rings. The molecule has 2 heterocycles. The van der Waals surface area contributed by atoms with E-state index < -0.39 is 17.7 Å². The number of Topliss-reactive ketones (excluding diaryl/α,β-unsaturated/α-hetero) is 1. The number of aryl methyl sites for hydroxylation is 1. The summed E-state index contributed by atoms with van der Waals surface area (Å²) in [6.07, 6.45) is 0.533. The smallest absolute Gasteiger partial charge is 0.295 e. The molecule has 1 unspecified atom stereocenters. The number of aliphatic hydroxyl groups excluding tert-OH is 1. The molecule has 0 aliphatic carbocycles. The van der Waals surface area contributed by atoms with Crippen molar-refractivity contribution in [2.45, 2.75) is 19.4 Å². The van der Waals surface area contributed by atoms with E-state index in [1.807, 2.05) is 0 Å². The first-order chi connectivity index (χ1) is 14.4. The van der Waals surface area contributed by atoms with Gasteiger partial charge < -0.3 is 28.6 Å². The van der Waals surface area contributed by atoms with Gasteiger partial charge in [-0.15, -0.1) is 0 Å². The van der Waals surface area contributed by atoms with Crippen LogP contribution in [0.5, 0.6) is 11.5 Å². The Balaban J connectivity index is 2.14. The molecule has 160 valence electrons. The second-order valence-corrected chi connectivity index (χ2v) is 6.85. The van der Waals surface area contributed by atoms with Gasteiger partial charge in [0.15, 0.2) is 0 Å². The maximum absolute atomic E-state index is 12.9. The van der Waals surface area contributed by atoms with Gasteiger partial charge in [-0.3, -0.25) is 9.59 Å². The summed E-state index contributed by atoms with van der Waals surface area (Å²) < 4.78 is 21.3. The molecule has 1 aromatic heterocycles. The molecule has 30 heavy (non-hydrogen) atoms. The molecule has 8 nitrogen and oxygen atoms in total. The van der Waals surface area contributed by atoms with Crippen LogP contribution in [0.25, 0.3) is 5.76 Å². The number of methoxy groups -OCH3 is 3. The monoisotopic (exact) mass is 415 g/mol. The minimum absolute atomic E-state index is 0.0461. The van der Waals surface area contributed by atoms with Crippen molar-refractivity contribution >= 4 is 17.4 Å². The third-order valence-electron chi connectivity index (χ3n) is 4.98. The second-order valence-electron chi connectivity index (χ2n) is 6.85. The number of carbonyl (C=O) groups is 2. The van der Waals surface area contributed by atoms with Crippen LogP contribution in [0.3, 0.4) is 0 Å². The van der Waals surface area contributed by atoms with Crippen LogP contribution in [-0.4, -0.2) is 56.2 Å². The number of carbonyl (C=O) groups excluding carboxylic acids is 2. The van der Waals surface area contributed by atoms with Gasteiger partial charge in [0.2, 0.25) is 0 Å². The van der Waals surface area contributed by atoms with Crippen LogP contribution >= 0.6 is 0 Å². The summed E-state index contributed by atoms with van der Waals surface area (Å²) in [7, 11) is 4.53. The molecule has 1 aromatic carbocycles. The summed E-state index contributed by atoms with van der Waals surface area (Å²) >= 11 is 0. The van der Waals surface area contributed by atoms with Crippen LogP contribution in [0.4, 0.5) is 0 Å². The van der Waals surface area contributed by atoms with E-state index in [4.69, 9.17) is 18.6 Å². The van der Waals surface area contributed by atoms with Gasteiger partial charge in [0.05, 0.1) is 25.4 Å². The standard InChI is InChI=1S/C22H25NO7/c1-13-6-9-16(30-13)19-18(21(25)22(26)23(19)10-5-11-27-2)20(24)15-8-7-14(28-3)12-17(15)29-4/h6-9,12,19,24H,5,10-11H2,1-4H3/b20-18-. The molecule has 1 atom stereocenters. The average Bonchev–Trinajstić information content (AvgIpc) is 3.29. The van der Waals surface area contributed by atoms with Crippen LogP contribution < -0.4 is 9.47 Å². The fourth-order valence-electron chi connectivity index (χ4n) is 3.53. The third kappa shape index (κ3) is 3.91. The third-order valence-corrected chi connectivity index (χ3v) is 4.98. The summed E-state index contributed by atoms with van der Waals surface area (Å²) in [4.78, 5) is 27.1. The normalized spacial score (nSPS) is 18.1. The Bertz CT molecular complexity index is 976. The van der Waals surface area contributed by atoms with Gasteiger partial charge in [0, 0.05) is 26.3 Å². The zero-order valence-corrected chi connectivity index (χ0v) is 17.4. The zero-order valence-electron chi connectivity index (χ0n) is 17.4. The summed E-state index contributed by atoms with van der Waals surface area (Å²) in [6, 6.07) is 7.42. The van der Waals surface area contributed by atoms with Gasteiger partial charge in [-0.1, -0.05) is 0 Å². The average molecular weight is 415 g/mol. The predicted molar refractivity (Wildman–Crippen MR) is 108 cm³/mol. The van der Waals surface area contributed by atoms with E-state index in [0.717, 1.165) is 0 Å².